The van der Waals surface area contributed by atoms with E-state index in [1.54, 1.807) is 12.3 Å². The monoisotopic (exact) mass is 222 g/mol. The van der Waals surface area contributed by atoms with E-state index in [1.165, 1.54) is 6.08 Å². The third-order valence-electron chi connectivity index (χ3n) is 1.86. The lowest BCUT2D eigenvalue weighted by Gasteiger charge is -2.17. The minimum Gasteiger partial charge on any atom is -0.457 e. The predicted octanol–water partition coefficient (Wildman–Crippen LogP) is 2.26. The molecule has 0 unspecified atom stereocenters. The molecule has 1 heterocycles. The molecule has 0 aliphatic carbocycles. The number of carbonyl (C=O) groups is 1. The molecule has 4 nitrogen and oxygen atoms in total. The number of imidazole rings is 1. The molecule has 0 spiro atoms. The Hall–Kier alpha value is -1.58. The molecule has 0 amide bonds. The lowest BCUT2D eigenvalue weighted by atomic mass is 10.2. The molecule has 88 valence electrons. The van der Waals surface area contributed by atoms with Crippen molar-refractivity contribution in [2.75, 3.05) is 0 Å². The number of aromatic nitrogens is 2. The molecule has 1 aromatic heterocycles. The average Bonchev–Trinajstić information content (AvgIpc) is 2.59. The van der Waals surface area contributed by atoms with Gasteiger partial charge in [0.25, 0.3) is 0 Å². The second-order valence-electron chi connectivity index (χ2n) is 4.44. The summed E-state index contributed by atoms with van der Waals surface area (Å²) in [6, 6.07) is 0. The maximum Gasteiger partial charge on any atom is 0.331 e. The van der Waals surface area contributed by atoms with Crippen molar-refractivity contribution in [2.45, 2.75) is 39.8 Å². The molecule has 0 fully saturated rings. The van der Waals surface area contributed by atoms with Crippen LogP contribution >= 0.6 is 0 Å². The Morgan fingerprint density at radius 3 is 2.81 bits per heavy atom. The van der Waals surface area contributed by atoms with Crippen LogP contribution in [0.5, 0.6) is 0 Å². The van der Waals surface area contributed by atoms with Crippen LogP contribution in [-0.4, -0.2) is 21.1 Å². The first-order chi connectivity index (χ1) is 7.42. The average molecular weight is 222 g/mol. The number of hydrogen-bond donors (Lipinski definition) is 0. The number of carbonyl (C=O) groups excluding carboxylic acids is 1. The molecule has 0 saturated heterocycles. The molecular weight excluding hydrogens is 204 g/mol. The van der Waals surface area contributed by atoms with Crippen LogP contribution in [0.25, 0.3) is 6.08 Å². The van der Waals surface area contributed by atoms with Crippen molar-refractivity contribution in [1.29, 1.82) is 0 Å². The van der Waals surface area contributed by atoms with E-state index in [2.05, 4.69) is 4.98 Å². The highest BCUT2D eigenvalue weighted by Gasteiger charge is 2.13. The van der Waals surface area contributed by atoms with Crippen molar-refractivity contribution < 1.29 is 9.53 Å². The van der Waals surface area contributed by atoms with E-state index < -0.39 is 5.60 Å². The molecule has 4 heteroatoms. The van der Waals surface area contributed by atoms with E-state index in [0.717, 1.165) is 12.4 Å². The Labute approximate surface area is 95.9 Å². The zero-order valence-electron chi connectivity index (χ0n) is 10.2. The highest BCUT2D eigenvalue weighted by molar-refractivity contribution is 5.86. The van der Waals surface area contributed by atoms with Crippen LogP contribution in [0, 0.1) is 0 Å². The third-order valence-corrected chi connectivity index (χ3v) is 1.86. The van der Waals surface area contributed by atoms with E-state index in [1.807, 2.05) is 38.5 Å². The van der Waals surface area contributed by atoms with Crippen molar-refractivity contribution in [3.05, 3.63) is 24.3 Å². The summed E-state index contributed by atoms with van der Waals surface area (Å²) in [5.41, 5.74) is -0.457. The van der Waals surface area contributed by atoms with E-state index in [-0.39, 0.29) is 5.97 Å². The highest BCUT2D eigenvalue weighted by atomic mass is 16.6. The van der Waals surface area contributed by atoms with Gasteiger partial charge in [-0.15, -0.1) is 0 Å². The summed E-state index contributed by atoms with van der Waals surface area (Å²) < 4.78 is 7.09. The van der Waals surface area contributed by atoms with Gasteiger partial charge in [-0.3, -0.25) is 0 Å². The Morgan fingerprint density at radius 1 is 1.56 bits per heavy atom. The lowest BCUT2D eigenvalue weighted by molar-refractivity contribution is -0.148. The molecule has 0 aromatic carbocycles. The molecular formula is C12H18N2O2. The molecule has 1 rings (SSSR count). The van der Waals surface area contributed by atoms with Gasteiger partial charge in [0, 0.05) is 25.0 Å². The molecule has 0 atom stereocenters. The number of nitrogens with zero attached hydrogens (tertiary/aromatic N) is 2. The number of rotatable bonds is 3. The zero-order chi connectivity index (χ0) is 12.2. The molecule has 0 N–H and O–H groups in total. The Kier molecular flexibility index (Phi) is 3.88. The first-order valence-corrected chi connectivity index (χ1v) is 5.34. The molecule has 0 radical (unpaired) electrons. The third kappa shape index (κ3) is 3.88. The second kappa shape index (κ2) is 4.96. The first-order valence-electron chi connectivity index (χ1n) is 5.34. The fraction of sp³-hybridized carbons (Fsp3) is 0.500. The first kappa shape index (κ1) is 12.5. The SMILES string of the molecule is CCn1ccnc1/C=C/C(=O)OC(C)(C)C. The van der Waals surface area contributed by atoms with Gasteiger partial charge in [0.1, 0.15) is 11.4 Å². The number of esters is 1. The zero-order valence-corrected chi connectivity index (χ0v) is 10.2. The van der Waals surface area contributed by atoms with Crippen LogP contribution < -0.4 is 0 Å². The summed E-state index contributed by atoms with van der Waals surface area (Å²) in [6.45, 7) is 8.36. The largest absolute Gasteiger partial charge is 0.457 e. The van der Waals surface area contributed by atoms with Gasteiger partial charge < -0.3 is 9.30 Å². The lowest BCUT2D eigenvalue weighted by Crippen LogP contribution is -2.22. The maximum atomic E-state index is 11.4. The van der Waals surface area contributed by atoms with E-state index in [4.69, 9.17) is 4.74 Å². The van der Waals surface area contributed by atoms with Gasteiger partial charge in [-0.2, -0.15) is 0 Å². The van der Waals surface area contributed by atoms with Crippen LogP contribution in [0.4, 0.5) is 0 Å². The Balaban J connectivity index is 2.64. The van der Waals surface area contributed by atoms with Crippen LogP contribution in [0.1, 0.15) is 33.5 Å². The van der Waals surface area contributed by atoms with E-state index >= 15 is 0 Å². The number of ether oxygens (including phenoxy) is 1. The molecule has 16 heavy (non-hydrogen) atoms. The van der Waals surface area contributed by atoms with Crippen molar-refractivity contribution in [3.63, 3.8) is 0 Å². The Bertz CT molecular complexity index is 386. The highest BCUT2D eigenvalue weighted by Crippen LogP contribution is 2.08. The van der Waals surface area contributed by atoms with E-state index in [9.17, 15) is 4.79 Å². The van der Waals surface area contributed by atoms with Crippen molar-refractivity contribution in [2.24, 2.45) is 0 Å². The Morgan fingerprint density at radius 2 is 2.25 bits per heavy atom. The predicted molar refractivity (Wildman–Crippen MR) is 62.8 cm³/mol. The quantitative estimate of drug-likeness (QED) is 0.582. The summed E-state index contributed by atoms with van der Waals surface area (Å²) in [5.74, 6) is 0.409. The minimum absolute atomic E-state index is 0.349. The fourth-order valence-electron chi connectivity index (χ4n) is 1.23. The van der Waals surface area contributed by atoms with Gasteiger partial charge in [-0.25, -0.2) is 9.78 Å². The van der Waals surface area contributed by atoms with Crippen LogP contribution in [0.3, 0.4) is 0 Å². The van der Waals surface area contributed by atoms with Gasteiger partial charge in [0.05, 0.1) is 0 Å². The molecule has 1 aromatic rings. The topological polar surface area (TPSA) is 44.1 Å². The molecule has 0 aliphatic rings. The van der Waals surface area contributed by atoms with Gasteiger partial charge in [-0.1, -0.05) is 0 Å². The summed E-state index contributed by atoms with van der Waals surface area (Å²) in [6.07, 6.45) is 6.64. The maximum absolute atomic E-state index is 11.4. The van der Waals surface area contributed by atoms with Crippen molar-refractivity contribution in [1.82, 2.24) is 9.55 Å². The van der Waals surface area contributed by atoms with Crippen molar-refractivity contribution >= 4 is 12.0 Å². The molecule has 0 aliphatic heterocycles. The van der Waals surface area contributed by atoms with E-state index in [0.29, 0.717) is 0 Å². The summed E-state index contributed by atoms with van der Waals surface area (Å²) in [7, 11) is 0. The number of hydrogen-bond acceptors (Lipinski definition) is 3. The molecule has 0 bridgehead atoms. The van der Waals surface area contributed by atoms with Gasteiger partial charge in [-0.05, 0) is 33.8 Å². The van der Waals surface area contributed by atoms with Crippen LogP contribution in [0.15, 0.2) is 18.5 Å². The second-order valence-corrected chi connectivity index (χ2v) is 4.44. The van der Waals surface area contributed by atoms with Gasteiger partial charge in [0.15, 0.2) is 0 Å². The fourth-order valence-corrected chi connectivity index (χ4v) is 1.23. The normalized spacial score (nSPS) is 12.0. The van der Waals surface area contributed by atoms with Gasteiger partial charge >= 0.3 is 5.97 Å². The standard InChI is InChI=1S/C12H18N2O2/c1-5-14-9-8-13-10(14)6-7-11(15)16-12(2,3)4/h6-9H,5H2,1-4H3/b7-6+. The summed E-state index contributed by atoms with van der Waals surface area (Å²) >= 11 is 0. The molecule has 0 saturated carbocycles. The van der Waals surface area contributed by atoms with Crippen molar-refractivity contribution in [3.8, 4) is 0 Å². The smallest absolute Gasteiger partial charge is 0.331 e. The summed E-state index contributed by atoms with van der Waals surface area (Å²) in [5, 5.41) is 0. The van der Waals surface area contributed by atoms with Crippen LogP contribution in [0.2, 0.25) is 0 Å². The minimum atomic E-state index is -0.457. The number of aryl methyl sites for hydroxylation is 1. The van der Waals surface area contributed by atoms with Crippen LogP contribution in [-0.2, 0) is 16.1 Å². The summed E-state index contributed by atoms with van der Waals surface area (Å²) in [4.78, 5) is 15.5. The van der Waals surface area contributed by atoms with Gasteiger partial charge in [0.2, 0.25) is 0 Å².